The zero-order chi connectivity index (χ0) is 21.3. The van der Waals surface area contributed by atoms with E-state index in [9.17, 15) is 4.79 Å². The molecule has 0 spiro atoms. The fourth-order valence-corrected chi connectivity index (χ4v) is 3.18. The molecule has 30 heavy (non-hydrogen) atoms. The number of hydrogen-bond acceptors (Lipinski definition) is 5. The van der Waals surface area contributed by atoms with E-state index in [2.05, 4.69) is 32.5 Å². The maximum atomic E-state index is 12.1. The lowest BCUT2D eigenvalue weighted by Crippen LogP contribution is -2.27. The summed E-state index contributed by atoms with van der Waals surface area (Å²) < 4.78 is 7.11. The Hall–Kier alpha value is -3.74. The van der Waals surface area contributed by atoms with Gasteiger partial charge in [-0.3, -0.25) is 20.0 Å². The van der Waals surface area contributed by atoms with E-state index in [1.807, 2.05) is 58.4 Å². The molecule has 0 fully saturated rings. The fourth-order valence-electron chi connectivity index (χ4n) is 3.18. The Bertz CT molecular complexity index is 1210. The zero-order valence-electron chi connectivity index (χ0n) is 17.4. The van der Waals surface area contributed by atoms with Crippen molar-refractivity contribution in [1.29, 1.82) is 0 Å². The molecule has 7 nitrogen and oxygen atoms in total. The lowest BCUT2D eigenvalue weighted by Gasteiger charge is -2.19. The molecule has 3 heterocycles. The van der Waals surface area contributed by atoms with Crippen LogP contribution in [0.2, 0.25) is 0 Å². The van der Waals surface area contributed by atoms with Crippen LogP contribution in [-0.2, 0) is 11.8 Å². The third-order valence-corrected chi connectivity index (χ3v) is 4.49. The maximum Gasteiger partial charge on any atom is 0.412 e. The monoisotopic (exact) mass is 401 g/mol. The van der Waals surface area contributed by atoms with Crippen LogP contribution in [0.5, 0.6) is 0 Å². The van der Waals surface area contributed by atoms with Crippen LogP contribution in [-0.4, -0.2) is 31.4 Å². The molecule has 0 atom stereocenters. The molecule has 0 aliphatic rings. The van der Waals surface area contributed by atoms with Crippen LogP contribution in [0.1, 0.15) is 20.8 Å². The van der Waals surface area contributed by atoms with Crippen molar-refractivity contribution in [3.63, 3.8) is 0 Å². The summed E-state index contributed by atoms with van der Waals surface area (Å²) in [7, 11) is 1.90. The van der Waals surface area contributed by atoms with Crippen LogP contribution < -0.4 is 5.32 Å². The highest BCUT2D eigenvalue weighted by Gasteiger charge is 2.17. The van der Waals surface area contributed by atoms with Crippen LogP contribution in [0.3, 0.4) is 0 Å². The van der Waals surface area contributed by atoms with Gasteiger partial charge >= 0.3 is 6.09 Å². The quantitative estimate of drug-likeness (QED) is 0.520. The number of benzene rings is 1. The molecule has 1 amide bonds. The Labute approximate surface area is 174 Å². The zero-order valence-corrected chi connectivity index (χ0v) is 17.4. The minimum Gasteiger partial charge on any atom is -0.444 e. The van der Waals surface area contributed by atoms with Crippen molar-refractivity contribution in [2.24, 2.45) is 7.05 Å². The third kappa shape index (κ3) is 4.30. The lowest BCUT2D eigenvalue weighted by molar-refractivity contribution is 0.0636. The number of fused-ring (bicyclic) bond motifs is 1. The average molecular weight is 401 g/mol. The molecule has 4 aromatic rings. The molecule has 0 aliphatic heterocycles. The normalized spacial score (nSPS) is 11.5. The number of aromatic nitrogens is 4. The number of carbonyl (C=O) groups is 1. The second kappa shape index (κ2) is 7.59. The van der Waals surface area contributed by atoms with E-state index in [-0.39, 0.29) is 0 Å². The molecular weight excluding hydrogens is 378 g/mol. The second-order valence-corrected chi connectivity index (χ2v) is 8.08. The SMILES string of the molecule is Cn1cc(-c2ccc(-c3cncc4ncc(NC(=O)OC(C)(C)C)cc34)cc2)cn1. The van der Waals surface area contributed by atoms with Crippen molar-refractivity contribution in [2.45, 2.75) is 26.4 Å². The molecule has 7 heteroatoms. The first-order valence-corrected chi connectivity index (χ1v) is 9.62. The number of nitrogens with one attached hydrogen (secondary N) is 1. The number of nitrogens with zero attached hydrogens (tertiary/aromatic N) is 4. The van der Waals surface area contributed by atoms with Crippen LogP contribution in [0.15, 0.2) is 61.3 Å². The van der Waals surface area contributed by atoms with Gasteiger partial charge in [-0.25, -0.2) is 4.79 Å². The Morgan fingerprint density at radius 3 is 2.40 bits per heavy atom. The summed E-state index contributed by atoms with van der Waals surface area (Å²) >= 11 is 0. The summed E-state index contributed by atoms with van der Waals surface area (Å²) in [6.45, 7) is 5.47. The molecule has 1 N–H and O–H groups in total. The first kappa shape index (κ1) is 19.6. The van der Waals surface area contributed by atoms with Crippen molar-refractivity contribution in [1.82, 2.24) is 19.7 Å². The first-order valence-electron chi connectivity index (χ1n) is 9.62. The van der Waals surface area contributed by atoms with Gasteiger partial charge in [0.15, 0.2) is 0 Å². The van der Waals surface area contributed by atoms with Gasteiger partial charge in [0.05, 0.1) is 29.8 Å². The molecule has 1 aromatic carbocycles. The van der Waals surface area contributed by atoms with E-state index >= 15 is 0 Å². The lowest BCUT2D eigenvalue weighted by atomic mass is 10.00. The molecule has 0 unspecified atom stereocenters. The van der Waals surface area contributed by atoms with E-state index in [0.29, 0.717) is 5.69 Å². The average Bonchev–Trinajstić information content (AvgIpc) is 3.12. The Balaban J connectivity index is 1.66. The van der Waals surface area contributed by atoms with E-state index in [0.717, 1.165) is 33.2 Å². The minimum atomic E-state index is -0.570. The predicted octanol–water partition coefficient (Wildman–Crippen LogP) is 5.04. The molecule has 3 aromatic heterocycles. The molecule has 152 valence electrons. The Kier molecular flexibility index (Phi) is 4.95. The smallest absolute Gasteiger partial charge is 0.412 e. The summed E-state index contributed by atoms with van der Waals surface area (Å²) in [4.78, 5) is 20.9. The van der Waals surface area contributed by atoms with Crippen LogP contribution in [0.25, 0.3) is 33.2 Å². The van der Waals surface area contributed by atoms with E-state index in [4.69, 9.17) is 4.74 Å². The van der Waals surface area contributed by atoms with Crippen molar-refractivity contribution in [2.75, 3.05) is 5.32 Å². The van der Waals surface area contributed by atoms with Crippen molar-refractivity contribution in [3.8, 4) is 22.3 Å². The predicted molar refractivity (Wildman–Crippen MR) is 117 cm³/mol. The van der Waals surface area contributed by atoms with Gasteiger partial charge in [-0.05, 0) is 38.0 Å². The van der Waals surface area contributed by atoms with Gasteiger partial charge in [-0.2, -0.15) is 5.10 Å². The van der Waals surface area contributed by atoms with Gasteiger partial charge in [0.25, 0.3) is 0 Å². The number of aryl methyl sites for hydroxylation is 1. The topological polar surface area (TPSA) is 81.9 Å². The van der Waals surface area contributed by atoms with E-state index in [1.165, 1.54) is 0 Å². The molecule has 0 bridgehead atoms. The first-order chi connectivity index (χ1) is 14.3. The number of amides is 1. The van der Waals surface area contributed by atoms with Crippen molar-refractivity contribution in [3.05, 3.63) is 61.3 Å². The van der Waals surface area contributed by atoms with Gasteiger partial charge in [-0.15, -0.1) is 0 Å². The third-order valence-electron chi connectivity index (χ3n) is 4.49. The summed E-state index contributed by atoms with van der Waals surface area (Å²) in [6, 6.07) is 10.1. The van der Waals surface area contributed by atoms with Crippen LogP contribution in [0, 0.1) is 0 Å². The Morgan fingerprint density at radius 2 is 1.73 bits per heavy atom. The van der Waals surface area contributed by atoms with Crippen LogP contribution in [0.4, 0.5) is 10.5 Å². The molecule has 0 saturated carbocycles. The summed E-state index contributed by atoms with van der Waals surface area (Å²) in [5.41, 5.74) is 4.84. The maximum absolute atomic E-state index is 12.1. The second-order valence-electron chi connectivity index (χ2n) is 8.08. The summed E-state index contributed by atoms with van der Waals surface area (Å²) in [5, 5.41) is 7.87. The summed E-state index contributed by atoms with van der Waals surface area (Å²) in [6.07, 6.45) is 8.42. The van der Waals surface area contributed by atoms with Gasteiger partial charge in [0.1, 0.15) is 5.60 Å². The standard InChI is InChI=1S/C23H23N5O2/c1-23(2,3)30-22(29)27-18-9-19-20(12-24-13-21(19)25-11-18)16-7-5-15(6-8-16)17-10-26-28(4)14-17/h5-14H,1-4H3,(H,27,29). The fraction of sp³-hybridized carbons (Fsp3) is 0.217. The van der Waals surface area contributed by atoms with E-state index < -0.39 is 11.7 Å². The molecule has 0 saturated heterocycles. The molecule has 4 rings (SSSR count). The van der Waals surface area contributed by atoms with Gasteiger partial charge in [0, 0.05) is 36.0 Å². The largest absolute Gasteiger partial charge is 0.444 e. The molecule has 0 radical (unpaired) electrons. The number of anilines is 1. The number of ether oxygens (including phenoxy) is 1. The van der Waals surface area contributed by atoms with Gasteiger partial charge in [0.2, 0.25) is 0 Å². The highest BCUT2D eigenvalue weighted by molar-refractivity contribution is 5.97. The number of pyridine rings is 2. The van der Waals surface area contributed by atoms with Crippen molar-refractivity contribution >= 4 is 22.7 Å². The van der Waals surface area contributed by atoms with E-state index in [1.54, 1.807) is 23.3 Å². The van der Waals surface area contributed by atoms with Crippen LogP contribution >= 0.6 is 0 Å². The highest BCUT2D eigenvalue weighted by Crippen LogP contribution is 2.30. The van der Waals surface area contributed by atoms with Gasteiger partial charge < -0.3 is 4.74 Å². The number of hydrogen-bond donors (Lipinski definition) is 1. The summed E-state index contributed by atoms with van der Waals surface area (Å²) in [5.74, 6) is 0. The molecular formula is C23H23N5O2. The Morgan fingerprint density at radius 1 is 1.00 bits per heavy atom. The molecule has 0 aliphatic carbocycles. The number of rotatable bonds is 3. The van der Waals surface area contributed by atoms with Crippen molar-refractivity contribution < 1.29 is 9.53 Å². The minimum absolute atomic E-state index is 0.514. The van der Waals surface area contributed by atoms with Gasteiger partial charge in [-0.1, -0.05) is 24.3 Å². The number of carbonyl (C=O) groups excluding carboxylic acids is 1. The highest BCUT2D eigenvalue weighted by atomic mass is 16.6.